The van der Waals surface area contributed by atoms with Crippen molar-refractivity contribution in [2.45, 2.75) is 30.2 Å². The molecule has 114 valence electrons. The molecule has 0 bridgehead atoms. The van der Waals surface area contributed by atoms with Gasteiger partial charge in [0.05, 0.1) is 5.56 Å². The Balaban J connectivity index is 2.23. The van der Waals surface area contributed by atoms with Crippen molar-refractivity contribution in [3.63, 3.8) is 0 Å². The molecule has 7 heteroatoms. The molecule has 0 saturated carbocycles. The number of aromatic carboxylic acids is 1. The first kappa shape index (κ1) is 16.0. The number of carbonyl (C=O) groups is 1. The summed E-state index contributed by atoms with van der Waals surface area (Å²) in [5, 5.41) is 18.8. The van der Waals surface area contributed by atoms with Crippen molar-refractivity contribution in [2.75, 3.05) is 0 Å². The van der Waals surface area contributed by atoms with Crippen LogP contribution in [0.3, 0.4) is 0 Å². The summed E-state index contributed by atoms with van der Waals surface area (Å²) in [7, 11) is 0. The zero-order valence-electron chi connectivity index (χ0n) is 12.1. The fraction of sp³-hybridized carbons (Fsp3) is 0.267. The average molecular weight is 319 g/mol. The van der Waals surface area contributed by atoms with Gasteiger partial charge < -0.3 is 5.11 Å². The first-order valence-corrected chi connectivity index (χ1v) is 7.39. The highest BCUT2D eigenvalue weighted by molar-refractivity contribution is 7.99. The summed E-state index contributed by atoms with van der Waals surface area (Å²) >= 11 is 1.12. The van der Waals surface area contributed by atoms with E-state index in [4.69, 9.17) is 5.11 Å². The molecule has 1 aromatic carbocycles. The zero-order chi connectivity index (χ0) is 16.1. The van der Waals surface area contributed by atoms with E-state index >= 15 is 0 Å². The Bertz CT molecular complexity index is 747. The molecule has 2 rings (SSSR count). The number of nitrogens with one attached hydrogen (secondary N) is 1. The van der Waals surface area contributed by atoms with Crippen LogP contribution in [-0.2, 0) is 0 Å². The minimum absolute atomic E-state index is 0.165. The number of aromatic amines is 1. The summed E-state index contributed by atoms with van der Waals surface area (Å²) in [6.45, 7) is 4.08. The van der Waals surface area contributed by atoms with Crippen LogP contribution in [0.2, 0.25) is 0 Å². The average Bonchev–Trinajstić information content (AvgIpc) is 2.90. The maximum atomic E-state index is 13.7. The third-order valence-corrected chi connectivity index (χ3v) is 3.59. The third-order valence-electron chi connectivity index (χ3n) is 2.61. The van der Waals surface area contributed by atoms with Gasteiger partial charge in [-0.1, -0.05) is 42.7 Å². The van der Waals surface area contributed by atoms with Crippen LogP contribution >= 0.6 is 11.8 Å². The van der Waals surface area contributed by atoms with Crippen molar-refractivity contribution in [1.29, 1.82) is 0 Å². The molecule has 2 N–H and O–H groups in total. The number of carboxylic acid groups (broad SMARTS) is 1. The van der Waals surface area contributed by atoms with Crippen LogP contribution < -0.4 is 0 Å². The molecule has 0 atom stereocenters. The molecule has 0 saturated heterocycles. The lowest BCUT2D eigenvalue weighted by Crippen LogP contribution is -1.98. The molecule has 5 nitrogen and oxygen atoms in total. The van der Waals surface area contributed by atoms with Gasteiger partial charge in [-0.15, -0.1) is 5.10 Å². The Morgan fingerprint density at radius 3 is 2.95 bits per heavy atom. The van der Waals surface area contributed by atoms with Crippen LogP contribution in [0.25, 0.3) is 0 Å². The normalized spacial score (nSPS) is 10.4. The second-order valence-corrected chi connectivity index (χ2v) is 6.02. The van der Waals surface area contributed by atoms with Crippen molar-refractivity contribution in [2.24, 2.45) is 5.92 Å². The molecule has 0 aliphatic carbocycles. The first-order chi connectivity index (χ1) is 10.5. The second kappa shape index (κ2) is 7.09. The number of carboxylic acids is 1. The molecule has 0 fully saturated rings. The number of hydrogen-bond acceptors (Lipinski definition) is 4. The van der Waals surface area contributed by atoms with Gasteiger partial charge in [-0.2, -0.15) is 0 Å². The van der Waals surface area contributed by atoms with E-state index in [1.54, 1.807) is 12.1 Å². The number of H-pyrrole nitrogens is 1. The van der Waals surface area contributed by atoms with Crippen molar-refractivity contribution < 1.29 is 14.3 Å². The molecule has 1 aromatic heterocycles. The predicted octanol–water partition coefficient (Wildman–Crippen LogP) is 3.19. The summed E-state index contributed by atoms with van der Waals surface area (Å²) < 4.78 is 13.7. The Morgan fingerprint density at radius 2 is 2.27 bits per heavy atom. The van der Waals surface area contributed by atoms with Gasteiger partial charge in [0.2, 0.25) is 5.69 Å². The summed E-state index contributed by atoms with van der Waals surface area (Å²) in [4.78, 5) is 11.6. The van der Waals surface area contributed by atoms with E-state index in [9.17, 15) is 9.18 Å². The van der Waals surface area contributed by atoms with Gasteiger partial charge in [-0.05, 0) is 24.1 Å². The summed E-state index contributed by atoms with van der Waals surface area (Å²) in [5.74, 6) is 4.58. The van der Waals surface area contributed by atoms with Crippen LogP contribution in [0.5, 0.6) is 0 Å². The number of rotatable bonds is 4. The zero-order valence-corrected chi connectivity index (χ0v) is 12.9. The molecule has 2 aromatic rings. The van der Waals surface area contributed by atoms with E-state index < -0.39 is 11.8 Å². The summed E-state index contributed by atoms with van der Waals surface area (Å²) in [6, 6.07) is 4.45. The highest BCUT2D eigenvalue weighted by Gasteiger charge is 2.16. The highest BCUT2D eigenvalue weighted by Crippen LogP contribution is 2.29. The van der Waals surface area contributed by atoms with E-state index in [1.807, 2.05) is 13.8 Å². The lowest BCUT2D eigenvalue weighted by atomic mass is 10.1. The predicted molar refractivity (Wildman–Crippen MR) is 80.2 cm³/mol. The Hall–Kier alpha value is -2.33. The van der Waals surface area contributed by atoms with Gasteiger partial charge in [0.25, 0.3) is 0 Å². The summed E-state index contributed by atoms with van der Waals surface area (Å²) in [6.07, 6.45) is 0.685. The van der Waals surface area contributed by atoms with Crippen molar-refractivity contribution in [3.8, 4) is 11.8 Å². The summed E-state index contributed by atoms with van der Waals surface area (Å²) in [5.41, 5.74) is 0.122. The van der Waals surface area contributed by atoms with Crippen molar-refractivity contribution in [3.05, 3.63) is 35.3 Å². The molecule has 0 spiro atoms. The van der Waals surface area contributed by atoms with E-state index in [0.717, 1.165) is 11.8 Å². The van der Waals surface area contributed by atoms with Gasteiger partial charge in [-0.3, -0.25) is 5.10 Å². The largest absolute Gasteiger partial charge is 0.476 e. The Kier molecular flexibility index (Phi) is 5.17. The lowest BCUT2D eigenvalue weighted by molar-refractivity contribution is 0.0686. The molecule has 1 heterocycles. The number of hydrogen-bond donors (Lipinski definition) is 2. The standard InChI is InChI=1S/C15H14FN3O2S/c1-9(2)4-3-5-10-8-11(6-7-12(10)16)22-14-13(15(20)21)17-19-18-14/h6-9H,4H2,1-2H3,(H,20,21)(H,17,18,19). The topological polar surface area (TPSA) is 78.9 Å². The monoisotopic (exact) mass is 319 g/mol. The van der Waals surface area contributed by atoms with Crippen LogP contribution in [0.15, 0.2) is 28.1 Å². The first-order valence-electron chi connectivity index (χ1n) is 6.58. The van der Waals surface area contributed by atoms with Crippen LogP contribution in [0, 0.1) is 23.6 Å². The number of halogens is 1. The van der Waals surface area contributed by atoms with Crippen LogP contribution in [-0.4, -0.2) is 26.5 Å². The van der Waals surface area contributed by atoms with Crippen LogP contribution in [0.1, 0.15) is 36.3 Å². The van der Waals surface area contributed by atoms with Crippen LogP contribution in [0.4, 0.5) is 4.39 Å². The molecule has 0 amide bonds. The number of nitrogens with zero attached hydrogens (tertiary/aromatic N) is 2. The van der Waals surface area contributed by atoms with Gasteiger partial charge >= 0.3 is 5.97 Å². The van der Waals surface area contributed by atoms with E-state index in [1.165, 1.54) is 6.07 Å². The molecule has 0 unspecified atom stereocenters. The maximum Gasteiger partial charge on any atom is 0.359 e. The van der Waals surface area contributed by atoms with Crippen molar-refractivity contribution in [1.82, 2.24) is 15.4 Å². The number of benzene rings is 1. The SMILES string of the molecule is CC(C)CC#Cc1cc(Sc2[nH]nnc2C(=O)O)ccc1F. The van der Waals surface area contributed by atoms with Crippen molar-refractivity contribution >= 4 is 17.7 Å². The maximum absolute atomic E-state index is 13.7. The van der Waals surface area contributed by atoms with E-state index in [-0.39, 0.29) is 11.3 Å². The fourth-order valence-electron chi connectivity index (χ4n) is 1.56. The Morgan fingerprint density at radius 1 is 1.50 bits per heavy atom. The molecule has 0 aliphatic heterocycles. The molecule has 0 radical (unpaired) electrons. The van der Waals surface area contributed by atoms with Gasteiger partial charge in [0.1, 0.15) is 10.8 Å². The third kappa shape index (κ3) is 4.09. The lowest BCUT2D eigenvalue weighted by Gasteiger charge is -2.02. The minimum Gasteiger partial charge on any atom is -0.476 e. The van der Waals surface area contributed by atoms with E-state index in [0.29, 0.717) is 22.3 Å². The number of aromatic nitrogens is 3. The Labute approximate surface area is 131 Å². The quantitative estimate of drug-likeness (QED) is 0.846. The van der Waals surface area contributed by atoms with E-state index in [2.05, 4.69) is 27.3 Å². The smallest absolute Gasteiger partial charge is 0.359 e. The minimum atomic E-state index is -1.17. The van der Waals surface area contributed by atoms with Gasteiger partial charge in [0.15, 0.2) is 0 Å². The fourth-order valence-corrected chi connectivity index (χ4v) is 2.42. The highest BCUT2D eigenvalue weighted by atomic mass is 32.2. The molecule has 0 aliphatic rings. The molecular formula is C15H14FN3O2S. The molecule has 22 heavy (non-hydrogen) atoms. The molecular weight excluding hydrogens is 305 g/mol. The second-order valence-electron chi connectivity index (χ2n) is 4.94. The van der Waals surface area contributed by atoms with Gasteiger partial charge in [-0.25, -0.2) is 9.18 Å². The van der Waals surface area contributed by atoms with Gasteiger partial charge in [0, 0.05) is 11.3 Å².